The van der Waals surface area contributed by atoms with Gasteiger partial charge in [-0.25, -0.2) is 22.0 Å². The van der Waals surface area contributed by atoms with E-state index >= 15 is 0 Å². The van der Waals surface area contributed by atoms with Crippen LogP contribution in [-0.2, 0) is 32.5 Å². The Bertz CT molecular complexity index is 1460. The number of carbonyl (C=O) groups is 1. The number of anilines is 1. The average molecular weight is 547 g/mol. The summed E-state index contributed by atoms with van der Waals surface area (Å²) in [7, 11) is -7.98. The number of sulfone groups is 1. The van der Waals surface area contributed by atoms with E-state index in [4.69, 9.17) is 16.7 Å². The summed E-state index contributed by atoms with van der Waals surface area (Å²) >= 11 is 5.84. The Morgan fingerprint density at radius 1 is 0.914 bits per heavy atom. The summed E-state index contributed by atoms with van der Waals surface area (Å²) in [6, 6.07) is 13.3. The second-order valence-corrected chi connectivity index (χ2v) is 11.5. The van der Waals surface area contributed by atoms with E-state index in [-0.39, 0.29) is 21.9 Å². The van der Waals surface area contributed by atoms with E-state index in [0.29, 0.717) is 23.4 Å². The zero-order valence-electron chi connectivity index (χ0n) is 17.7. The number of alkyl halides is 3. The quantitative estimate of drug-likeness (QED) is 0.458. The minimum atomic E-state index is -4.71. The van der Waals surface area contributed by atoms with Crippen molar-refractivity contribution in [2.24, 2.45) is 5.14 Å². The highest BCUT2D eigenvalue weighted by Crippen LogP contribution is 2.33. The predicted octanol–water partition coefficient (Wildman–Crippen LogP) is 4.27. The van der Waals surface area contributed by atoms with E-state index < -0.39 is 48.2 Å². The number of amides is 1. The summed E-state index contributed by atoms with van der Waals surface area (Å²) in [6.45, 7) is 0. The molecule has 0 saturated carbocycles. The average Bonchev–Trinajstić information content (AvgIpc) is 2.77. The summed E-state index contributed by atoms with van der Waals surface area (Å²) in [6.07, 6.45) is -4.73. The lowest BCUT2D eigenvalue weighted by Gasteiger charge is -2.11. The third-order valence-electron chi connectivity index (χ3n) is 4.91. The summed E-state index contributed by atoms with van der Waals surface area (Å²) in [5.41, 5.74) is -0.00977. The Hall–Kier alpha value is -2.93. The van der Waals surface area contributed by atoms with Crippen LogP contribution in [0.3, 0.4) is 0 Å². The molecule has 0 aromatic heterocycles. The van der Waals surface area contributed by atoms with Gasteiger partial charge in [-0.1, -0.05) is 23.7 Å². The molecule has 0 spiro atoms. The number of rotatable bonds is 7. The van der Waals surface area contributed by atoms with Crippen molar-refractivity contribution in [2.75, 3.05) is 11.1 Å². The molecular formula is C22H18ClF3N2O5S2. The van der Waals surface area contributed by atoms with Gasteiger partial charge in [0.1, 0.15) is 0 Å². The van der Waals surface area contributed by atoms with E-state index in [1.807, 2.05) is 0 Å². The van der Waals surface area contributed by atoms with Crippen LogP contribution < -0.4 is 10.5 Å². The molecule has 0 aliphatic carbocycles. The van der Waals surface area contributed by atoms with Gasteiger partial charge in [0.2, 0.25) is 10.0 Å². The van der Waals surface area contributed by atoms with Crippen LogP contribution >= 0.6 is 11.6 Å². The molecule has 0 heterocycles. The van der Waals surface area contributed by atoms with Crippen LogP contribution in [0, 0.1) is 0 Å². The molecule has 1 amide bonds. The van der Waals surface area contributed by atoms with Gasteiger partial charge in [-0.3, -0.25) is 4.79 Å². The third-order valence-corrected chi connectivity index (χ3v) is 8.03. The fraction of sp³-hybridized carbons (Fsp3) is 0.136. The van der Waals surface area contributed by atoms with Crippen molar-refractivity contribution in [3.8, 4) is 0 Å². The Kier molecular flexibility index (Phi) is 7.60. The molecule has 7 nitrogen and oxygen atoms in total. The Morgan fingerprint density at radius 3 is 2.06 bits per heavy atom. The molecule has 3 N–H and O–H groups in total. The van der Waals surface area contributed by atoms with Crippen LogP contribution in [0.2, 0.25) is 5.02 Å². The molecule has 0 aliphatic heterocycles. The maximum Gasteiger partial charge on any atom is 0.416 e. The molecule has 0 aliphatic rings. The molecule has 3 aromatic rings. The van der Waals surface area contributed by atoms with Crippen LogP contribution in [0.15, 0.2) is 76.5 Å². The predicted molar refractivity (Wildman–Crippen MR) is 124 cm³/mol. The second kappa shape index (κ2) is 9.97. The monoisotopic (exact) mass is 546 g/mol. The Morgan fingerprint density at radius 2 is 1.51 bits per heavy atom. The first-order valence-electron chi connectivity index (χ1n) is 9.79. The number of nitrogens with two attached hydrogens (primary N) is 1. The standard InChI is InChI=1S/C22H18ClF3N2O5S2/c23-19-10-5-16(22(24,25)26)13-20(19)34(30,31)12-11-14-1-3-15(4-2-14)21(29)28-17-6-8-18(9-7-17)35(27,32)33/h1-10,13H,11-12H2,(H,28,29)(H2,27,32,33). The molecule has 0 saturated heterocycles. The Labute approximate surface area is 204 Å². The van der Waals surface area contributed by atoms with E-state index in [9.17, 15) is 34.8 Å². The molecule has 13 heteroatoms. The zero-order valence-corrected chi connectivity index (χ0v) is 20.1. The van der Waals surface area contributed by atoms with Gasteiger partial charge in [0.25, 0.3) is 5.91 Å². The number of hydrogen-bond donors (Lipinski definition) is 2. The lowest BCUT2D eigenvalue weighted by atomic mass is 10.1. The SMILES string of the molecule is NS(=O)(=O)c1ccc(NC(=O)c2ccc(CCS(=O)(=O)c3cc(C(F)(F)F)ccc3Cl)cc2)cc1. The summed E-state index contributed by atoms with van der Waals surface area (Å²) in [5.74, 6) is -0.987. The smallest absolute Gasteiger partial charge is 0.322 e. The first-order valence-corrected chi connectivity index (χ1v) is 13.4. The largest absolute Gasteiger partial charge is 0.416 e. The first kappa shape index (κ1) is 26.7. The molecular weight excluding hydrogens is 529 g/mol. The number of benzene rings is 3. The highest BCUT2D eigenvalue weighted by molar-refractivity contribution is 7.91. The van der Waals surface area contributed by atoms with Gasteiger partial charge in [-0.05, 0) is 66.6 Å². The molecule has 0 atom stereocenters. The molecule has 0 unspecified atom stereocenters. The minimum absolute atomic E-state index is 0.0220. The number of halogens is 4. The molecule has 35 heavy (non-hydrogen) atoms. The number of aryl methyl sites for hydroxylation is 1. The van der Waals surface area contributed by atoms with Crippen LogP contribution in [0.4, 0.5) is 18.9 Å². The van der Waals surface area contributed by atoms with Crippen molar-refractivity contribution < 1.29 is 34.8 Å². The van der Waals surface area contributed by atoms with Gasteiger partial charge >= 0.3 is 6.18 Å². The van der Waals surface area contributed by atoms with Crippen molar-refractivity contribution >= 4 is 43.1 Å². The lowest BCUT2D eigenvalue weighted by molar-refractivity contribution is -0.137. The van der Waals surface area contributed by atoms with Crippen LogP contribution in [0.5, 0.6) is 0 Å². The summed E-state index contributed by atoms with van der Waals surface area (Å²) < 4.78 is 86.6. The fourth-order valence-electron chi connectivity index (χ4n) is 3.03. The van der Waals surface area contributed by atoms with Gasteiger partial charge in [0.15, 0.2) is 9.84 Å². The van der Waals surface area contributed by atoms with Crippen molar-refractivity contribution in [3.05, 3.63) is 88.4 Å². The van der Waals surface area contributed by atoms with Crippen molar-refractivity contribution in [1.29, 1.82) is 0 Å². The van der Waals surface area contributed by atoms with Crippen molar-refractivity contribution in [2.45, 2.75) is 22.4 Å². The van der Waals surface area contributed by atoms with Gasteiger partial charge in [0, 0.05) is 11.3 Å². The highest BCUT2D eigenvalue weighted by Gasteiger charge is 2.32. The fourth-order valence-corrected chi connectivity index (χ4v) is 5.42. The number of nitrogens with one attached hydrogen (secondary N) is 1. The van der Waals surface area contributed by atoms with Gasteiger partial charge in [-0.2, -0.15) is 13.2 Å². The second-order valence-electron chi connectivity index (χ2n) is 7.43. The van der Waals surface area contributed by atoms with Crippen molar-refractivity contribution in [3.63, 3.8) is 0 Å². The number of carbonyl (C=O) groups excluding carboxylic acids is 1. The summed E-state index contributed by atoms with van der Waals surface area (Å²) in [5, 5.41) is 7.30. The third kappa shape index (κ3) is 6.82. The van der Waals surface area contributed by atoms with Crippen LogP contribution in [0.1, 0.15) is 21.5 Å². The Balaban J connectivity index is 1.67. The molecule has 0 bridgehead atoms. The topological polar surface area (TPSA) is 123 Å². The molecule has 186 valence electrons. The van der Waals surface area contributed by atoms with Crippen molar-refractivity contribution in [1.82, 2.24) is 0 Å². The minimum Gasteiger partial charge on any atom is -0.322 e. The number of primary sulfonamides is 1. The molecule has 3 rings (SSSR count). The van der Waals surface area contributed by atoms with Gasteiger partial charge in [-0.15, -0.1) is 0 Å². The molecule has 3 aromatic carbocycles. The first-order chi connectivity index (χ1) is 16.2. The molecule has 0 fully saturated rings. The summed E-state index contributed by atoms with van der Waals surface area (Å²) in [4.78, 5) is 11.7. The van der Waals surface area contributed by atoms with E-state index in [1.54, 1.807) is 0 Å². The highest BCUT2D eigenvalue weighted by atomic mass is 35.5. The van der Waals surface area contributed by atoms with E-state index in [2.05, 4.69) is 5.32 Å². The van der Waals surface area contributed by atoms with E-state index in [1.165, 1.54) is 48.5 Å². The lowest BCUT2D eigenvalue weighted by Crippen LogP contribution is -2.14. The zero-order chi connectivity index (χ0) is 26.0. The molecule has 0 radical (unpaired) electrons. The number of sulfonamides is 1. The van der Waals surface area contributed by atoms with Crippen LogP contribution in [0.25, 0.3) is 0 Å². The van der Waals surface area contributed by atoms with E-state index in [0.717, 1.165) is 6.07 Å². The normalized spacial score (nSPS) is 12.4. The maximum absolute atomic E-state index is 12.9. The maximum atomic E-state index is 12.9. The number of hydrogen-bond acceptors (Lipinski definition) is 5. The van der Waals surface area contributed by atoms with Crippen LogP contribution in [-0.4, -0.2) is 28.5 Å². The van der Waals surface area contributed by atoms with Gasteiger partial charge < -0.3 is 5.32 Å². The van der Waals surface area contributed by atoms with Gasteiger partial charge in [0.05, 0.1) is 26.1 Å².